The van der Waals surface area contributed by atoms with E-state index in [1.165, 1.54) is 48.4 Å². The van der Waals surface area contributed by atoms with Gasteiger partial charge in [-0.2, -0.15) is 0 Å². The number of nitrogens with two attached hydrogens (primary N) is 1. The summed E-state index contributed by atoms with van der Waals surface area (Å²) in [6, 6.07) is 8.77. The molecule has 0 unspecified atom stereocenters. The molecule has 3 N–H and O–H groups in total. The van der Waals surface area contributed by atoms with Crippen molar-refractivity contribution in [2.75, 3.05) is 26.2 Å². The fraction of sp³-hybridized carbons (Fsp3) is 0.385. The molecule has 16 heavy (non-hydrogen) atoms. The summed E-state index contributed by atoms with van der Waals surface area (Å²) in [4.78, 5) is 1.74. The number of hydrogen-bond donors (Lipinski definition) is 2. The summed E-state index contributed by atoms with van der Waals surface area (Å²) in [6.07, 6.45) is 0. The Bertz CT molecular complexity index is 471. The number of hydrogen-bond acceptors (Lipinski definition) is 1. The normalized spacial score (nSPS) is 18.0. The molecular weight excluding hydrogens is 216 g/mol. The summed E-state index contributed by atoms with van der Waals surface area (Å²) in [7, 11) is 0. The van der Waals surface area contributed by atoms with Gasteiger partial charge in [-0.15, -0.1) is 11.3 Å². The van der Waals surface area contributed by atoms with Gasteiger partial charge in [0.05, 0.1) is 0 Å². The topological polar surface area (TPSA) is 21.1 Å². The van der Waals surface area contributed by atoms with Crippen LogP contribution in [0.4, 0.5) is 0 Å². The lowest BCUT2D eigenvalue weighted by molar-refractivity contribution is -0.957. The zero-order valence-electron chi connectivity index (χ0n) is 9.41. The highest BCUT2D eigenvalue weighted by Crippen LogP contribution is 2.24. The quantitative estimate of drug-likeness (QED) is 0.722. The zero-order valence-corrected chi connectivity index (χ0v) is 10.2. The molecule has 1 fully saturated rings. The lowest BCUT2D eigenvalue weighted by Gasteiger charge is -2.21. The van der Waals surface area contributed by atoms with Crippen molar-refractivity contribution < 1.29 is 10.2 Å². The highest BCUT2D eigenvalue weighted by Gasteiger charge is 2.17. The lowest BCUT2D eigenvalue weighted by atomic mass is 10.1. The molecule has 1 aromatic heterocycles. The van der Waals surface area contributed by atoms with Crippen molar-refractivity contribution in [3.05, 3.63) is 35.2 Å². The van der Waals surface area contributed by atoms with Gasteiger partial charge in [0.1, 0.15) is 32.7 Å². The monoisotopic (exact) mass is 234 g/mol. The van der Waals surface area contributed by atoms with Crippen LogP contribution in [0.2, 0.25) is 0 Å². The van der Waals surface area contributed by atoms with Gasteiger partial charge in [-0.25, -0.2) is 0 Å². The first-order valence-electron chi connectivity index (χ1n) is 6.04. The summed E-state index contributed by atoms with van der Waals surface area (Å²) in [5.41, 5.74) is 1.54. The number of quaternary nitrogens is 2. The summed E-state index contributed by atoms with van der Waals surface area (Å²) >= 11 is 1.88. The van der Waals surface area contributed by atoms with Crippen molar-refractivity contribution in [1.29, 1.82) is 0 Å². The van der Waals surface area contributed by atoms with E-state index in [0.29, 0.717) is 0 Å². The molecule has 2 aromatic rings. The van der Waals surface area contributed by atoms with Crippen molar-refractivity contribution in [1.82, 2.24) is 0 Å². The molecule has 0 amide bonds. The van der Waals surface area contributed by atoms with Crippen molar-refractivity contribution in [2.45, 2.75) is 6.54 Å². The van der Waals surface area contributed by atoms with Crippen molar-refractivity contribution in [3.8, 4) is 0 Å². The molecule has 84 valence electrons. The van der Waals surface area contributed by atoms with Crippen LogP contribution in [0.5, 0.6) is 0 Å². The molecule has 1 aliphatic heterocycles. The van der Waals surface area contributed by atoms with Gasteiger partial charge in [0, 0.05) is 21.0 Å². The van der Waals surface area contributed by atoms with Gasteiger partial charge < -0.3 is 10.2 Å². The second kappa shape index (κ2) is 4.53. The fourth-order valence-electron chi connectivity index (χ4n) is 2.50. The van der Waals surface area contributed by atoms with Crippen LogP contribution in [0.15, 0.2) is 29.6 Å². The van der Waals surface area contributed by atoms with E-state index in [0.717, 1.165) is 0 Å². The van der Waals surface area contributed by atoms with Crippen molar-refractivity contribution in [3.63, 3.8) is 0 Å². The van der Waals surface area contributed by atoms with Gasteiger partial charge in [0.15, 0.2) is 0 Å². The van der Waals surface area contributed by atoms with E-state index in [1.54, 1.807) is 4.90 Å². The number of fused-ring (bicyclic) bond motifs is 1. The molecular formula is C13H18N2S+2. The van der Waals surface area contributed by atoms with Crippen LogP contribution in [-0.2, 0) is 6.54 Å². The first kappa shape index (κ1) is 10.3. The van der Waals surface area contributed by atoms with Crippen molar-refractivity contribution in [2.24, 2.45) is 0 Å². The Morgan fingerprint density at radius 3 is 2.88 bits per heavy atom. The Hall–Kier alpha value is -0.900. The summed E-state index contributed by atoms with van der Waals surface area (Å²) in [5, 5.41) is 6.24. The van der Waals surface area contributed by atoms with Gasteiger partial charge in [-0.05, 0) is 6.07 Å². The Kier molecular flexibility index (Phi) is 2.91. The maximum atomic E-state index is 2.43. The van der Waals surface area contributed by atoms with E-state index >= 15 is 0 Å². The van der Waals surface area contributed by atoms with Crippen molar-refractivity contribution >= 4 is 21.4 Å². The van der Waals surface area contributed by atoms with Crippen LogP contribution in [0.3, 0.4) is 0 Å². The molecule has 0 bridgehead atoms. The third-order valence-electron chi connectivity index (χ3n) is 3.41. The van der Waals surface area contributed by atoms with Gasteiger partial charge in [-0.3, -0.25) is 0 Å². The summed E-state index contributed by atoms with van der Waals surface area (Å²) in [6.45, 7) is 6.40. The minimum Gasteiger partial charge on any atom is -0.337 e. The summed E-state index contributed by atoms with van der Waals surface area (Å²) < 4.78 is 1.43. The highest BCUT2D eigenvalue weighted by molar-refractivity contribution is 7.17. The Balaban J connectivity index is 1.83. The van der Waals surface area contributed by atoms with E-state index in [2.05, 4.69) is 35.0 Å². The highest BCUT2D eigenvalue weighted by atomic mass is 32.1. The zero-order chi connectivity index (χ0) is 10.8. The SMILES string of the molecule is c1ccc2c(C[NH+]3CC[NH2+]CC3)csc2c1. The third-order valence-corrected chi connectivity index (χ3v) is 4.42. The minimum atomic E-state index is 1.21. The number of piperazine rings is 1. The second-order valence-electron chi connectivity index (χ2n) is 4.55. The van der Waals surface area contributed by atoms with Crippen LogP contribution in [0.25, 0.3) is 10.1 Å². The van der Waals surface area contributed by atoms with Gasteiger partial charge in [0.25, 0.3) is 0 Å². The molecule has 1 saturated heterocycles. The number of nitrogens with one attached hydrogen (secondary N) is 1. The van der Waals surface area contributed by atoms with Gasteiger partial charge >= 0.3 is 0 Å². The average molecular weight is 234 g/mol. The van der Waals surface area contributed by atoms with Crippen LogP contribution < -0.4 is 10.2 Å². The Labute approximate surface area is 99.9 Å². The lowest BCUT2D eigenvalue weighted by Crippen LogP contribution is -3.19. The first-order chi connectivity index (χ1) is 7.93. The first-order valence-corrected chi connectivity index (χ1v) is 6.92. The number of benzene rings is 1. The van der Waals surface area contributed by atoms with E-state index in [9.17, 15) is 0 Å². The predicted molar refractivity (Wildman–Crippen MR) is 67.9 cm³/mol. The molecule has 2 nitrogen and oxygen atoms in total. The third kappa shape index (κ3) is 1.98. The fourth-order valence-corrected chi connectivity index (χ4v) is 3.46. The maximum Gasteiger partial charge on any atom is 0.127 e. The number of rotatable bonds is 2. The molecule has 0 spiro atoms. The number of thiophene rings is 1. The molecule has 0 aliphatic carbocycles. The molecule has 0 saturated carbocycles. The maximum absolute atomic E-state index is 2.43. The Morgan fingerprint density at radius 2 is 2.00 bits per heavy atom. The van der Waals surface area contributed by atoms with E-state index in [1.807, 2.05) is 11.3 Å². The molecule has 2 heterocycles. The molecule has 1 aliphatic rings. The second-order valence-corrected chi connectivity index (χ2v) is 5.46. The summed E-state index contributed by atoms with van der Waals surface area (Å²) in [5.74, 6) is 0. The predicted octanol–water partition coefficient (Wildman–Crippen LogP) is -0.137. The molecule has 0 radical (unpaired) electrons. The standard InChI is InChI=1S/C13H16N2S/c1-2-4-13-12(3-1)11(10-16-13)9-15-7-5-14-6-8-15/h1-4,10,14H,5-9H2/p+2. The molecule has 1 aromatic carbocycles. The molecule has 3 heteroatoms. The average Bonchev–Trinajstić information content (AvgIpc) is 2.74. The van der Waals surface area contributed by atoms with Gasteiger partial charge in [-0.1, -0.05) is 18.2 Å². The smallest absolute Gasteiger partial charge is 0.127 e. The van der Waals surface area contributed by atoms with Crippen LogP contribution >= 0.6 is 11.3 Å². The van der Waals surface area contributed by atoms with E-state index < -0.39 is 0 Å². The molecule has 0 atom stereocenters. The van der Waals surface area contributed by atoms with Crippen LogP contribution in [-0.4, -0.2) is 26.2 Å². The largest absolute Gasteiger partial charge is 0.337 e. The van der Waals surface area contributed by atoms with E-state index in [-0.39, 0.29) is 0 Å². The minimum absolute atomic E-state index is 1.21. The Morgan fingerprint density at radius 1 is 1.19 bits per heavy atom. The van der Waals surface area contributed by atoms with E-state index in [4.69, 9.17) is 0 Å². The van der Waals surface area contributed by atoms with Gasteiger partial charge in [0.2, 0.25) is 0 Å². The van der Waals surface area contributed by atoms with Crippen LogP contribution in [0.1, 0.15) is 5.56 Å². The molecule has 3 rings (SSSR count). The van der Waals surface area contributed by atoms with Crippen LogP contribution in [0, 0.1) is 0 Å².